The molecule has 0 atom stereocenters. The molecule has 116 valence electrons. The molecular formula is C18H17N3O2. The number of aromatic nitrogens is 2. The summed E-state index contributed by atoms with van der Waals surface area (Å²) in [6.07, 6.45) is 1.80. The topological polar surface area (TPSA) is 75.1 Å². The van der Waals surface area contributed by atoms with Gasteiger partial charge >= 0.3 is 0 Å². The zero-order valence-electron chi connectivity index (χ0n) is 12.8. The Kier molecular flexibility index (Phi) is 4.30. The van der Waals surface area contributed by atoms with Gasteiger partial charge in [-0.15, -0.1) is 0 Å². The molecule has 0 saturated heterocycles. The summed E-state index contributed by atoms with van der Waals surface area (Å²) in [5.74, 6) is 0.286. The number of carbonyl (C=O) groups excluding carboxylic acids is 1. The Bertz CT molecular complexity index is 845. The van der Waals surface area contributed by atoms with E-state index in [2.05, 4.69) is 11.9 Å². The van der Waals surface area contributed by atoms with Gasteiger partial charge in [-0.1, -0.05) is 37.3 Å². The molecule has 23 heavy (non-hydrogen) atoms. The van der Waals surface area contributed by atoms with Crippen LogP contribution >= 0.6 is 0 Å². The number of fused-ring (bicyclic) bond motifs is 1. The van der Waals surface area contributed by atoms with Crippen LogP contribution in [0.4, 0.5) is 0 Å². The van der Waals surface area contributed by atoms with E-state index in [-0.39, 0.29) is 0 Å². The van der Waals surface area contributed by atoms with E-state index < -0.39 is 5.91 Å². The summed E-state index contributed by atoms with van der Waals surface area (Å²) in [7, 11) is 0. The number of benzene rings is 2. The van der Waals surface area contributed by atoms with Crippen LogP contribution in [0.5, 0.6) is 0 Å². The van der Waals surface area contributed by atoms with Gasteiger partial charge in [0.25, 0.3) is 5.91 Å². The Morgan fingerprint density at radius 1 is 1.09 bits per heavy atom. The third-order valence-electron chi connectivity index (χ3n) is 3.65. The normalized spacial score (nSPS) is 10.7. The molecule has 3 aromatic rings. The van der Waals surface area contributed by atoms with E-state index in [0.717, 1.165) is 40.8 Å². The zero-order valence-corrected chi connectivity index (χ0v) is 12.8. The van der Waals surface area contributed by atoms with Crippen LogP contribution in [-0.2, 0) is 6.42 Å². The van der Waals surface area contributed by atoms with Crippen molar-refractivity contribution >= 4 is 16.8 Å². The fourth-order valence-electron chi connectivity index (χ4n) is 2.52. The van der Waals surface area contributed by atoms with E-state index >= 15 is 0 Å². The summed E-state index contributed by atoms with van der Waals surface area (Å²) >= 11 is 0. The van der Waals surface area contributed by atoms with E-state index in [1.54, 1.807) is 17.6 Å². The van der Waals surface area contributed by atoms with Gasteiger partial charge in [-0.05, 0) is 24.6 Å². The summed E-state index contributed by atoms with van der Waals surface area (Å²) < 4.78 is 0. The summed E-state index contributed by atoms with van der Waals surface area (Å²) in [5, 5.41) is 9.67. The quantitative estimate of drug-likeness (QED) is 0.572. The highest BCUT2D eigenvalue weighted by molar-refractivity contribution is 5.95. The molecule has 0 aliphatic rings. The molecule has 0 fully saturated rings. The molecule has 0 aliphatic heterocycles. The molecule has 1 aromatic heterocycles. The van der Waals surface area contributed by atoms with E-state index in [4.69, 9.17) is 10.2 Å². The summed E-state index contributed by atoms with van der Waals surface area (Å²) in [6, 6.07) is 14.9. The minimum atomic E-state index is -0.532. The molecule has 0 radical (unpaired) electrons. The number of aryl methyl sites for hydroxylation is 1. The predicted octanol–water partition coefficient (Wildman–Crippen LogP) is 3.37. The number of hydrogen-bond donors (Lipinski definition) is 2. The van der Waals surface area contributed by atoms with Crippen LogP contribution in [0, 0.1) is 0 Å². The van der Waals surface area contributed by atoms with Gasteiger partial charge in [0, 0.05) is 22.9 Å². The molecule has 0 saturated carbocycles. The smallest absolute Gasteiger partial charge is 0.274 e. The first-order valence-corrected chi connectivity index (χ1v) is 7.53. The van der Waals surface area contributed by atoms with Crippen LogP contribution < -0.4 is 5.48 Å². The maximum absolute atomic E-state index is 11.4. The largest absolute Gasteiger partial charge is 0.288 e. The monoisotopic (exact) mass is 307 g/mol. The molecule has 1 heterocycles. The third kappa shape index (κ3) is 3.05. The van der Waals surface area contributed by atoms with Crippen molar-refractivity contribution in [1.82, 2.24) is 15.4 Å². The van der Waals surface area contributed by atoms with Crippen molar-refractivity contribution < 1.29 is 10.0 Å². The van der Waals surface area contributed by atoms with Crippen molar-refractivity contribution in [1.29, 1.82) is 0 Å². The maximum Gasteiger partial charge on any atom is 0.274 e. The molecule has 0 spiro atoms. The molecule has 2 aromatic carbocycles. The summed E-state index contributed by atoms with van der Waals surface area (Å²) in [4.78, 5) is 20.7. The number of hydroxylamine groups is 1. The van der Waals surface area contributed by atoms with Crippen LogP contribution in [-0.4, -0.2) is 21.1 Å². The maximum atomic E-state index is 11.4. The highest BCUT2D eigenvalue weighted by Gasteiger charge is 2.10. The number of amides is 1. The summed E-state index contributed by atoms with van der Waals surface area (Å²) in [6.45, 7) is 2.10. The lowest BCUT2D eigenvalue weighted by atomic mass is 10.0. The zero-order chi connectivity index (χ0) is 16.2. The average molecular weight is 307 g/mol. The van der Waals surface area contributed by atoms with Crippen LogP contribution in [0.25, 0.3) is 22.2 Å². The second kappa shape index (κ2) is 6.54. The van der Waals surface area contributed by atoms with Crippen molar-refractivity contribution in [2.45, 2.75) is 19.8 Å². The van der Waals surface area contributed by atoms with Crippen molar-refractivity contribution in [2.75, 3.05) is 0 Å². The van der Waals surface area contributed by atoms with E-state index in [9.17, 15) is 4.79 Å². The second-order valence-electron chi connectivity index (χ2n) is 5.27. The van der Waals surface area contributed by atoms with Gasteiger partial charge in [0.1, 0.15) is 5.82 Å². The number of nitrogens with zero attached hydrogens (tertiary/aromatic N) is 2. The van der Waals surface area contributed by atoms with Gasteiger partial charge in [-0.3, -0.25) is 10.0 Å². The van der Waals surface area contributed by atoms with Gasteiger partial charge in [0.2, 0.25) is 0 Å². The number of hydrogen-bond acceptors (Lipinski definition) is 4. The average Bonchev–Trinajstić information content (AvgIpc) is 2.61. The molecule has 5 nitrogen and oxygen atoms in total. The van der Waals surface area contributed by atoms with Crippen molar-refractivity contribution in [2.24, 2.45) is 0 Å². The van der Waals surface area contributed by atoms with Crippen molar-refractivity contribution in [3.8, 4) is 11.3 Å². The molecule has 0 aliphatic carbocycles. The van der Waals surface area contributed by atoms with Crippen LogP contribution in [0.1, 0.15) is 29.5 Å². The van der Waals surface area contributed by atoms with E-state index in [1.165, 1.54) is 0 Å². The number of carbonyl (C=O) groups is 1. The lowest BCUT2D eigenvalue weighted by Crippen LogP contribution is -2.18. The Hall–Kier alpha value is -2.79. The first-order chi connectivity index (χ1) is 11.2. The molecule has 2 N–H and O–H groups in total. The summed E-state index contributed by atoms with van der Waals surface area (Å²) in [5.41, 5.74) is 4.71. The van der Waals surface area contributed by atoms with Crippen LogP contribution in [0.3, 0.4) is 0 Å². The highest BCUT2D eigenvalue weighted by Crippen LogP contribution is 2.26. The predicted molar refractivity (Wildman–Crippen MR) is 88.2 cm³/mol. The molecule has 0 unspecified atom stereocenters. The first-order valence-electron chi connectivity index (χ1n) is 7.53. The number of nitrogens with one attached hydrogen (secondary N) is 1. The molecule has 5 heteroatoms. The Morgan fingerprint density at radius 2 is 1.83 bits per heavy atom. The molecular weight excluding hydrogens is 290 g/mol. The lowest BCUT2D eigenvalue weighted by Gasteiger charge is -2.09. The third-order valence-corrected chi connectivity index (χ3v) is 3.65. The highest BCUT2D eigenvalue weighted by atomic mass is 16.5. The van der Waals surface area contributed by atoms with Crippen LogP contribution in [0.15, 0.2) is 48.5 Å². The Balaban J connectivity index is 2.12. The molecule has 3 rings (SSSR count). The lowest BCUT2D eigenvalue weighted by molar-refractivity contribution is 0.0706. The van der Waals surface area contributed by atoms with Crippen molar-refractivity contribution in [3.63, 3.8) is 0 Å². The van der Waals surface area contributed by atoms with E-state index in [0.29, 0.717) is 5.56 Å². The molecule has 0 bridgehead atoms. The van der Waals surface area contributed by atoms with Gasteiger partial charge in [0.15, 0.2) is 0 Å². The SMILES string of the molecule is CCCc1nc(-c2ccc(C(=O)NO)cc2)c2ccccc2n1. The molecule has 1 amide bonds. The van der Waals surface area contributed by atoms with Crippen molar-refractivity contribution in [3.05, 3.63) is 59.9 Å². The fraction of sp³-hybridized carbons (Fsp3) is 0.167. The van der Waals surface area contributed by atoms with Gasteiger partial charge in [0.05, 0.1) is 11.2 Å². The Morgan fingerprint density at radius 3 is 2.52 bits per heavy atom. The Labute approximate surface area is 134 Å². The first kappa shape index (κ1) is 15.1. The number of para-hydroxylation sites is 1. The van der Waals surface area contributed by atoms with Crippen LogP contribution in [0.2, 0.25) is 0 Å². The number of rotatable bonds is 4. The standard InChI is InChI=1S/C18H17N3O2/c1-2-5-16-19-15-7-4-3-6-14(15)17(20-16)12-8-10-13(11-9-12)18(22)21-23/h3-4,6-11,23H,2,5H2,1H3,(H,21,22). The van der Waals surface area contributed by atoms with Gasteiger partial charge < -0.3 is 0 Å². The minimum absolute atomic E-state index is 0.392. The van der Waals surface area contributed by atoms with E-state index in [1.807, 2.05) is 36.4 Å². The van der Waals surface area contributed by atoms with Gasteiger partial charge in [-0.2, -0.15) is 0 Å². The second-order valence-corrected chi connectivity index (χ2v) is 5.27. The van der Waals surface area contributed by atoms with Gasteiger partial charge in [-0.25, -0.2) is 15.4 Å². The minimum Gasteiger partial charge on any atom is -0.288 e. The fourth-order valence-corrected chi connectivity index (χ4v) is 2.52.